The standard InChI is InChI=1S/C33H21N5/c1-33(2)22-11-6-5-10-20(22)21-15-17-24-29(27(21)33)37-26-13-7-12-25-30(26)38(32(37)35-24)31-34-23-16-14-18-8-3-4-9-19(18)28(23)36(25)31/h3-17H,1-2H3. The van der Waals surface area contributed by atoms with Crippen LogP contribution < -0.4 is 0 Å². The van der Waals surface area contributed by atoms with Crippen molar-refractivity contribution in [1.29, 1.82) is 0 Å². The second-order valence-corrected chi connectivity index (χ2v) is 11.2. The highest BCUT2D eigenvalue weighted by atomic mass is 15.3. The van der Waals surface area contributed by atoms with Crippen molar-refractivity contribution in [3.8, 4) is 11.1 Å². The molecule has 38 heavy (non-hydrogen) atoms. The molecule has 0 atom stereocenters. The topological polar surface area (TPSA) is 39.0 Å². The number of imidazole rings is 4. The lowest BCUT2D eigenvalue weighted by molar-refractivity contribution is 0.664. The highest BCUT2D eigenvalue weighted by Crippen LogP contribution is 2.51. The molecule has 0 saturated heterocycles. The first-order chi connectivity index (χ1) is 18.6. The summed E-state index contributed by atoms with van der Waals surface area (Å²) in [5.74, 6) is 1.83. The molecule has 0 bridgehead atoms. The number of rotatable bonds is 0. The van der Waals surface area contributed by atoms with Gasteiger partial charge < -0.3 is 0 Å². The van der Waals surface area contributed by atoms with Crippen molar-refractivity contribution in [2.45, 2.75) is 19.3 Å². The Morgan fingerprint density at radius 1 is 0.553 bits per heavy atom. The lowest BCUT2D eigenvalue weighted by Gasteiger charge is -2.22. The average Bonchev–Trinajstić information content (AvgIpc) is 3.70. The second-order valence-electron chi connectivity index (χ2n) is 11.2. The van der Waals surface area contributed by atoms with Gasteiger partial charge in [0.15, 0.2) is 0 Å². The molecule has 178 valence electrons. The molecule has 0 saturated carbocycles. The predicted molar refractivity (Wildman–Crippen MR) is 154 cm³/mol. The molecule has 0 spiro atoms. The first-order valence-corrected chi connectivity index (χ1v) is 13.1. The lowest BCUT2D eigenvalue weighted by Crippen LogP contribution is -2.16. The van der Waals surface area contributed by atoms with Crippen LogP contribution in [0.25, 0.3) is 72.1 Å². The average molecular weight is 488 g/mol. The Kier molecular flexibility index (Phi) is 3.02. The van der Waals surface area contributed by atoms with Gasteiger partial charge in [0.25, 0.3) is 0 Å². The van der Waals surface area contributed by atoms with Crippen molar-refractivity contribution < 1.29 is 0 Å². The van der Waals surface area contributed by atoms with Crippen molar-refractivity contribution in [1.82, 2.24) is 23.2 Å². The molecule has 1 aliphatic rings. The Labute approximate surface area is 216 Å². The summed E-state index contributed by atoms with van der Waals surface area (Å²) in [5, 5.41) is 2.44. The van der Waals surface area contributed by atoms with E-state index in [-0.39, 0.29) is 5.41 Å². The molecule has 0 unspecified atom stereocenters. The minimum absolute atomic E-state index is 0.121. The Hall–Kier alpha value is -4.90. The Balaban J connectivity index is 1.45. The van der Waals surface area contributed by atoms with Crippen LogP contribution in [0.1, 0.15) is 25.0 Å². The number of benzene rings is 5. The second kappa shape index (κ2) is 5.97. The summed E-state index contributed by atoms with van der Waals surface area (Å²) in [6.07, 6.45) is 0. The summed E-state index contributed by atoms with van der Waals surface area (Å²) in [4.78, 5) is 10.4. The van der Waals surface area contributed by atoms with Gasteiger partial charge in [-0.2, -0.15) is 0 Å². The third kappa shape index (κ3) is 1.92. The molecule has 10 rings (SSSR count). The Morgan fingerprint density at radius 2 is 1.24 bits per heavy atom. The fraction of sp³-hybridized carbons (Fsp3) is 0.0909. The third-order valence-corrected chi connectivity index (χ3v) is 8.94. The molecule has 4 heterocycles. The van der Waals surface area contributed by atoms with Gasteiger partial charge >= 0.3 is 0 Å². The minimum atomic E-state index is -0.121. The van der Waals surface area contributed by atoms with Gasteiger partial charge in [-0.3, -0.25) is 8.80 Å². The van der Waals surface area contributed by atoms with Gasteiger partial charge in [-0.1, -0.05) is 80.6 Å². The van der Waals surface area contributed by atoms with E-state index in [0.717, 1.165) is 33.6 Å². The Morgan fingerprint density at radius 3 is 2.08 bits per heavy atom. The summed E-state index contributed by atoms with van der Waals surface area (Å²) >= 11 is 0. The van der Waals surface area contributed by atoms with Crippen LogP contribution in [0.3, 0.4) is 0 Å². The number of para-hydroxylation sites is 1. The molecule has 0 radical (unpaired) electrons. The molecular weight excluding hydrogens is 466 g/mol. The Bertz CT molecular complexity index is 2480. The van der Waals surface area contributed by atoms with E-state index in [9.17, 15) is 0 Å². The van der Waals surface area contributed by atoms with Crippen molar-refractivity contribution in [2.75, 3.05) is 0 Å². The normalized spacial score (nSPS) is 14.8. The molecule has 5 heteroatoms. The first kappa shape index (κ1) is 19.2. The van der Waals surface area contributed by atoms with Crippen LogP contribution >= 0.6 is 0 Å². The van der Waals surface area contributed by atoms with Crippen LogP contribution in [0.4, 0.5) is 0 Å². The molecule has 4 aromatic heterocycles. The highest BCUT2D eigenvalue weighted by Gasteiger charge is 2.38. The largest absolute Gasteiger partial charge is 0.275 e. The van der Waals surface area contributed by atoms with Crippen LogP contribution in [0.5, 0.6) is 0 Å². The summed E-state index contributed by atoms with van der Waals surface area (Å²) in [7, 11) is 0. The van der Waals surface area contributed by atoms with Crippen molar-refractivity contribution in [3.05, 3.63) is 102 Å². The quantitative estimate of drug-likeness (QED) is 0.221. The molecule has 0 aliphatic heterocycles. The molecule has 0 N–H and O–H groups in total. The van der Waals surface area contributed by atoms with Crippen LogP contribution in [-0.2, 0) is 5.41 Å². The van der Waals surface area contributed by atoms with Crippen LogP contribution in [0.15, 0.2) is 91.0 Å². The van der Waals surface area contributed by atoms with Crippen LogP contribution in [0.2, 0.25) is 0 Å². The number of aromatic nitrogens is 5. The highest BCUT2D eigenvalue weighted by molar-refractivity contribution is 6.11. The van der Waals surface area contributed by atoms with Gasteiger partial charge in [0.1, 0.15) is 5.52 Å². The van der Waals surface area contributed by atoms with E-state index < -0.39 is 0 Å². The van der Waals surface area contributed by atoms with Gasteiger partial charge in [-0.05, 0) is 51.9 Å². The van der Waals surface area contributed by atoms with E-state index in [2.05, 4.69) is 118 Å². The van der Waals surface area contributed by atoms with Crippen molar-refractivity contribution >= 4 is 60.9 Å². The zero-order valence-electron chi connectivity index (χ0n) is 20.9. The third-order valence-electron chi connectivity index (χ3n) is 8.94. The summed E-state index contributed by atoms with van der Waals surface area (Å²) in [5.41, 5.74) is 13.1. The summed E-state index contributed by atoms with van der Waals surface area (Å²) in [6, 6.07) is 32.8. The molecule has 0 fully saturated rings. The number of hydrogen-bond donors (Lipinski definition) is 0. The maximum absolute atomic E-state index is 5.27. The fourth-order valence-corrected chi connectivity index (χ4v) is 7.39. The van der Waals surface area contributed by atoms with Gasteiger partial charge in [-0.15, -0.1) is 0 Å². The lowest BCUT2D eigenvalue weighted by atomic mass is 9.82. The minimum Gasteiger partial charge on any atom is -0.275 e. The van der Waals surface area contributed by atoms with Crippen molar-refractivity contribution in [2.24, 2.45) is 0 Å². The van der Waals surface area contributed by atoms with E-state index in [1.54, 1.807) is 0 Å². The van der Waals surface area contributed by atoms with E-state index in [0.29, 0.717) is 0 Å². The van der Waals surface area contributed by atoms with Gasteiger partial charge in [0, 0.05) is 10.8 Å². The van der Waals surface area contributed by atoms with Gasteiger partial charge in [0.05, 0.1) is 33.1 Å². The molecule has 0 amide bonds. The molecular formula is C33H21N5. The van der Waals surface area contributed by atoms with E-state index >= 15 is 0 Å². The van der Waals surface area contributed by atoms with E-state index in [1.165, 1.54) is 49.6 Å². The van der Waals surface area contributed by atoms with Gasteiger partial charge in [0.2, 0.25) is 11.6 Å². The number of fused-ring (bicyclic) bond motifs is 16. The maximum atomic E-state index is 5.27. The fourth-order valence-electron chi connectivity index (χ4n) is 7.39. The SMILES string of the molecule is CC1(C)c2ccccc2-c2ccc3nc4n(c5cccc6c5n4c4nc5ccc7ccccc7c5n64)c3c21. The number of hydrogen-bond acceptors (Lipinski definition) is 2. The van der Waals surface area contributed by atoms with Crippen LogP contribution in [-0.4, -0.2) is 23.2 Å². The maximum Gasteiger partial charge on any atom is 0.223 e. The molecule has 9 aromatic rings. The van der Waals surface area contributed by atoms with Crippen molar-refractivity contribution in [3.63, 3.8) is 0 Å². The zero-order valence-corrected chi connectivity index (χ0v) is 20.9. The molecule has 5 aromatic carbocycles. The summed E-state index contributed by atoms with van der Waals surface area (Å²) in [6.45, 7) is 4.69. The smallest absolute Gasteiger partial charge is 0.223 e. The van der Waals surface area contributed by atoms with E-state index in [1.807, 2.05) is 0 Å². The summed E-state index contributed by atoms with van der Waals surface area (Å²) < 4.78 is 6.96. The molecule has 5 nitrogen and oxygen atoms in total. The van der Waals surface area contributed by atoms with E-state index in [4.69, 9.17) is 9.97 Å². The number of nitrogens with zero attached hydrogens (tertiary/aromatic N) is 5. The first-order valence-electron chi connectivity index (χ1n) is 13.1. The van der Waals surface area contributed by atoms with Crippen LogP contribution in [0, 0.1) is 0 Å². The monoisotopic (exact) mass is 487 g/mol. The van der Waals surface area contributed by atoms with Gasteiger partial charge in [-0.25, -0.2) is 14.4 Å². The zero-order chi connectivity index (χ0) is 24.9. The molecule has 1 aliphatic carbocycles. The predicted octanol–water partition coefficient (Wildman–Crippen LogP) is 7.59.